The first-order chi connectivity index (χ1) is 11.6. The summed E-state index contributed by atoms with van der Waals surface area (Å²) in [5.74, 6) is -0.0665. The summed E-state index contributed by atoms with van der Waals surface area (Å²) in [5.41, 5.74) is 2.58. The molecular formula is C19H17ClN2OS. The first kappa shape index (κ1) is 16.7. The molecular weight excluding hydrogens is 340 g/mol. The number of hydrogen-bond donors (Lipinski definition) is 0. The van der Waals surface area contributed by atoms with Crippen LogP contribution in [0.4, 0.5) is 0 Å². The molecule has 0 unspecified atom stereocenters. The molecule has 0 spiro atoms. The molecule has 0 aliphatic rings. The van der Waals surface area contributed by atoms with Gasteiger partial charge in [-0.3, -0.25) is 4.79 Å². The lowest BCUT2D eigenvalue weighted by Gasteiger charge is -2.22. The van der Waals surface area contributed by atoms with Crippen molar-refractivity contribution in [3.63, 3.8) is 0 Å². The van der Waals surface area contributed by atoms with Crippen molar-refractivity contribution in [3.05, 3.63) is 86.8 Å². The standard InChI is InChI=1S/C19H17ClN2OS/c1-14-21-18(13-24-14)19(23)22(11-15-6-3-2-4-7-15)12-16-8-5-9-17(20)10-16/h2-10,13H,11-12H2,1H3. The lowest BCUT2D eigenvalue weighted by molar-refractivity contribution is 0.0724. The Hall–Kier alpha value is -2.17. The molecule has 1 amide bonds. The number of rotatable bonds is 5. The zero-order chi connectivity index (χ0) is 16.9. The van der Waals surface area contributed by atoms with Gasteiger partial charge in [0.15, 0.2) is 0 Å². The molecule has 0 atom stereocenters. The fourth-order valence-electron chi connectivity index (χ4n) is 2.48. The topological polar surface area (TPSA) is 33.2 Å². The average molecular weight is 357 g/mol. The number of aromatic nitrogens is 1. The van der Waals surface area contributed by atoms with Gasteiger partial charge in [0.25, 0.3) is 5.91 Å². The van der Waals surface area contributed by atoms with Crippen molar-refractivity contribution < 1.29 is 4.79 Å². The van der Waals surface area contributed by atoms with Crippen molar-refractivity contribution in [3.8, 4) is 0 Å². The van der Waals surface area contributed by atoms with Crippen LogP contribution in [0.25, 0.3) is 0 Å². The Morgan fingerprint density at radius 3 is 2.46 bits per heavy atom. The van der Waals surface area contributed by atoms with E-state index < -0.39 is 0 Å². The Balaban J connectivity index is 1.86. The number of halogens is 1. The Kier molecular flexibility index (Phi) is 5.28. The van der Waals surface area contributed by atoms with E-state index in [-0.39, 0.29) is 5.91 Å². The van der Waals surface area contributed by atoms with Crippen LogP contribution in [-0.4, -0.2) is 15.8 Å². The Morgan fingerprint density at radius 2 is 1.79 bits per heavy atom. The summed E-state index contributed by atoms with van der Waals surface area (Å²) in [6, 6.07) is 17.6. The minimum atomic E-state index is -0.0665. The number of benzene rings is 2. The Morgan fingerprint density at radius 1 is 1.08 bits per heavy atom. The maximum atomic E-state index is 12.9. The first-order valence-corrected chi connectivity index (χ1v) is 8.87. The van der Waals surface area contributed by atoms with Crippen LogP contribution in [0.15, 0.2) is 60.0 Å². The number of amides is 1. The van der Waals surface area contributed by atoms with Gasteiger partial charge in [0.05, 0.1) is 5.01 Å². The van der Waals surface area contributed by atoms with Gasteiger partial charge in [-0.25, -0.2) is 4.98 Å². The predicted octanol–water partition coefficient (Wildman–Crippen LogP) is 4.95. The van der Waals surface area contributed by atoms with Gasteiger partial charge in [-0.05, 0) is 30.2 Å². The highest BCUT2D eigenvalue weighted by Gasteiger charge is 2.19. The van der Waals surface area contributed by atoms with Gasteiger partial charge in [0, 0.05) is 23.5 Å². The number of nitrogens with zero attached hydrogens (tertiary/aromatic N) is 2. The van der Waals surface area contributed by atoms with E-state index in [0.717, 1.165) is 16.1 Å². The molecule has 5 heteroatoms. The van der Waals surface area contributed by atoms with Gasteiger partial charge in [-0.15, -0.1) is 11.3 Å². The van der Waals surface area contributed by atoms with E-state index in [0.29, 0.717) is 23.8 Å². The van der Waals surface area contributed by atoms with E-state index in [1.54, 1.807) is 4.90 Å². The fourth-order valence-corrected chi connectivity index (χ4v) is 3.28. The molecule has 3 nitrogen and oxygen atoms in total. The SMILES string of the molecule is Cc1nc(C(=O)N(Cc2ccccc2)Cc2cccc(Cl)c2)cs1. The molecule has 24 heavy (non-hydrogen) atoms. The number of hydrogen-bond acceptors (Lipinski definition) is 3. The fraction of sp³-hybridized carbons (Fsp3) is 0.158. The number of thiazole rings is 1. The van der Waals surface area contributed by atoms with Crippen LogP contribution in [-0.2, 0) is 13.1 Å². The van der Waals surface area contributed by atoms with Crippen molar-refractivity contribution in [1.82, 2.24) is 9.88 Å². The minimum absolute atomic E-state index is 0.0665. The summed E-state index contributed by atoms with van der Waals surface area (Å²) in [6.45, 7) is 2.92. The average Bonchev–Trinajstić information content (AvgIpc) is 3.01. The van der Waals surface area contributed by atoms with Crippen LogP contribution in [0.3, 0.4) is 0 Å². The minimum Gasteiger partial charge on any atom is -0.329 e. The molecule has 122 valence electrons. The van der Waals surface area contributed by atoms with Gasteiger partial charge < -0.3 is 4.90 Å². The van der Waals surface area contributed by atoms with E-state index in [4.69, 9.17) is 11.6 Å². The molecule has 0 radical (unpaired) electrons. The van der Waals surface area contributed by atoms with E-state index in [1.165, 1.54) is 11.3 Å². The lowest BCUT2D eigenvalue weighted by Crippen LogP contribution is -2.30. The predicted molar refractivity (Wildman–Crippen MR) is 98.3 cm³/mol. The smallest absolute Gasteiger partial charge is 0.273 e. The quantitative estimate of drug-likeness (QED) is 0.648. The molecule has 3 aromatic rings. The highest BCUT2D eigenvalue weighted by atomic mass is 35.5. The summed E-state index contributed by atoms with van der Waals surface area (Å²) in [4.78, 5) is 19.0. The molecule has 1 heterocycles. The Labute approximate surface area is 150 Å². The Bertz CT molecular complexity index is 832. The van der Waals surface area contributed by atoms with Crippen LogP contribution in [0.1, 0.15) is 26.6 Å². The third kappa shape index (κ3) is 4.22. The van der Waals surface area contributed by atoms with Gasteiger partial charge >= 0.3 is 0 Å². The normalized spacial score (nSPS) is 10.6. The van der Waals surface area contributed by atoms with Crippen molar-refractivity contribution in [2.45, 2.75) is 20.0 Å². The van der Waals surface area contributed by atoms with Gasteiger partial charge in [-0.2, -0.15) is 0 Å². The van der Waals surface area contributed by atoms with E-state index in [1.807, 2.05) is 66.9 Å². The largest absolute Gasteiger partial charge is 0.329 e. The zero-order valence-corrected chi connectivity index (χ0v) is 14.8. The molecule has 1 aromatic heterocycles. The third-order valence-electron chi connectivity index (χ3n) is 3.60. The second-order valence-corrected chi connectivity index (χ2v) is 7.03. The number of aryl methyl sites for hydroxylation is 1. The van der Waals surface area contributed by atoms with Crippen LogP contribution in [0.2, 0.25) is 5.02 Å². The van der Waals surface area contributed by atoms with Crippen LogP contribution in [0.5, 0.6) is 0 Å². The second kappa shape index (κ2) is 7.60. The lowest BCUT2D eigenvalue weighted by atomic mass is 10.1. The van der Waals surface area contributed by atoms with Gasteiger partial charge in [0.2, 0.25) is 0 Å². The summed E-state index contributed by atoms with van der Waals surface area (Å²) >= 11 is 7.56. The third-order valence-corrected chi connectivity index (χ3v) is 4.61. The number of carbonyl (C=O) groups excluding carboxylic acids is 1. The molecule has 3 rings (SSSR count). The van der Waals surface area contributed by atoms with Crippen molar-refractivity contribution in [2.24, 2.45) is 0 Å². The zero-order valence-electron chi connectivity index (χ0n) is 13.3. The highest BCUT2D eigenvalue weighted by molar-refractivity contribution is 7.09. The summed E-state index contributed by atoms with van der Waals surface area (Å²) < 4.78 is 0. The van der Waals surface area contributed by atoms with Crippen molar-refractivity contribution in [1.29, 1.82) is 0 Å². The van der Waals surface area contributed by atoms with Gasteiger partial charge in [0.1, 0.15) is 5.69 Å². The van der Waals surface area contributed by atoms with Crippen molar-refractivity contribution in [2.75, 3.05) is 0 Å². The first-order valence-electron chi connectivity index (χ1n) is 7.61. The molecule has 0 fully saturated rings. The van der Waals surface area contributed by atoms with Crippen LogP contribution < -0.4 is 0 Å². The molecule has 0 N–H and O–H groups in total. The molecule has 0 aliphatic carbocycles. The maximum Gasteiger partial charge on any atom is 0.273 e. The molecule has 0 bridgehead atoms. The summed E-state index contributed by atoms with van der Waals surface area (Å²) in [7, 11) is 0. The molecule has 0 saturated carbocycles. The van der Waals surface area contributed by atoms with E-state index in [9.17, 15) is 4.79 Å². The summed E-state index contributed by atoms with van der Waals surface area (Å²) in [6.07, 6.45) is 0. The molecule has 0 saturated heterocycles. The van der Waals surface area contributed by atoms with Gasteiger partial charge in [-0.1, -0.05) is 54.1 Å². The van der Waals surface area contributed by atoms with E-state index in [2.05, 4.69) is 4.98 Å². The van der Waals surface area contributed by atoms with E-state index >= 15 is 0 Å². The van der Waals surface area contributed by atoms with Crippen LogP contribution in [0, 0.1) is 6.92 Å². The number of carbonyl (C=O) groups is 1. The molecule has 0 aliphatic heterocycles. The monoisotopic (exact) mass is 356 g/mol. The molecule has 2 aromatic carbocycles. The van der Waals surface area contributed by atoms with Crippen LogP contribution >= 0.6 is 22.9 Å². The highest BCUT2D eigenvalue weighted by Crippen LogP contribution is 2.18. The second-order valence-electron chi connectivity index (χ2n) is 5.53. The summed E-state index contributed by atoms with van der Waals surface area (Å²) in [5, 5.41) is 3.37. The van der Waals surface area contributed by atoms with Crippen molar-refractivity contribution >= 4 is 28.8 Å². The maximum absolute atomic E-state index is 12.9.